The van der Waals surface area contributed by atoms with E-state index in [1.807, 2.05) is 0 Å². The van der Waals surface area contributed by atoms with E-state index in [1.165, 1.54) is 38.5 Å². The molecule has 1 saturated carbocycles. The van der Waals surface area contributed by atoms with Crippen molar-refractivity contribution in [1.29, 1.82) is 0 Å². The summed E-state index contributed by atoms with van der Waals surface area (Å²) in [5, 5.41) is 0. The number of halogens is 1. The second kappa shape index (κ2) is 4.52. The van der Waals surface area contributed by atoms with Crippen molar-refractivity contribution in [3.63, 3.8) is 0 Å². The molecule has 0 radical (unpaired) electrons. The highest BCUT2D eigenvalue weighted by Crippen LogP contribution is 2.45. The first kappa shape index (κ1) is 10.9. The van der Waals surface area contributed by atoms with Gasteiger partial charge in [-0.3, -0.25) is 0 Å². The summed E-state index contributed by atoms with van der Waals surface area (Å²) in [6.07, 6.45) is 8.25. The maximum atomic E-state index is 5.42. The van der Waals surface area contributed by atoms with Crippen molar-refractivity contribution in [1.82, 2.24) is 0 Å². The van der Waals surface area contributed by atoms with Crippen molar-refractivity contribution < 1.29 is 4.74 Å². The fraction of sp³-hybridized carbons (Fsp3) is 1.00. The zero-order chi connectivity index (χ0) is 10.0. The lowest BCUT2D eigenvalue weighted by Gasteiger charge is -2.24. The van der Waals surface area contributed by atoms with Gasteiger partial charge in [0, 0.05) is 18.0 Å². The Balaban J connectivity index is 1.73. The molecule has 1 nitrogen and oxygen atoms in total. The summed E-state index contributed by atoms with van der Waals surface area (Å²) in [6, 6.07) is 0. The van der Waals surface area contributed by atoms with Crippen LogP contribution in [0.5, 0.6) is 0 Å². The Labute approximate surface area is 95.7 Å². The van der Waals surface area contributed by atoms with Crippen LogP contribution in [-0.2, 0) is 4.74 Å². The molecule has 14 heavy (non-hydrogen) atoms. The van der Waals surface area contributed by atoms with E-state index in [0.29, 0.717) is 5.41 Å². The smallest absolute Gasteiger partial charge is 0.0495 e. The lowest BCUT2D eigenvalue weighted by molar-refractivity contribution is 0.178. The maximum absolute atomic E-state index is 5.42. The predicted molar refractivity (Wildman–Crippen MR) is 62.8 cm³/mol. The highest BCUT2D eigenvalue weighted by Gasteiger charge is 2.34. The Morgan fingerprint density at radius 2 is 2.29 bits per heavy atom. The molecule has 3 unspecified atom stereocenters. The van der Waals surface area contributed by atoms with Crippen LogP contribution >= 0.6 is 15.9 Å². The summed E-state index contributed by atoms with van der Waals surface area (Å²) in [5.41, 5.74) is 0.622. The SMILES string of the molecule is CC1(CCC2CCOC2)CCC(Br)C1. The van der Waals surface area contributed by atoms with Gasteiger partial charge in [0.15, 0.2) is 0 Å². The molecule has 0 N–H and O–H groups in total. The van der Waals surface area contributed by atoms with E-state index in [0.717, 1.165) is 24.0 Å². The van der Waals surface area contributed by atoms with Gasteiger partial charge in [0.2, 0.25) is 0 Å². The van der Waals surface area contributed by atoms with Crippen LogP contribution in [0.3, 0.4) is 0 Å². The van der Waals surface area contributed by atoms with Gasteiger partial charge in [-0.15, -0.1) is 0 Å². The Kier molecular flexibility index (Phi) is 3.54. The van der Waals surface area contributed by atoms with Crippen LogP contribution in [0.15, 0.2) is 0 Å². The largest absolute Gasteiger partial charge is 0.381 e. The van der Waals surface area contributed by atoms with E-state index in [9.17, 15) is 0 Å². The molecule has 0 spiro atoms. The van der Waals surface area contributed by atoms with E-state index in [2.05, 4.69) is 22.9 Å². The van der Waals surface area contributed by atoms with Crippen LogP contribution in [0, 0.1) is 11.3 Å². The van der Waals surface area contributed by atoms with Gasteiger partial charge in [-0.2, -0.15) is 0 Å². The molecular weight excluding hydrogens is 240 g/mol. The van der Waals surface area contributed by atoms with Gasteiger partial charge in [-0.1, -0.05) is 22.9 Å². The van der Waals surface area contributed by atoms with E-state index < -0.39 is 0 Å². The minimum absolute atomic E-state index is 0.622. The van der Waals surface area contributed by atoms with Crippen molar-refractivity contribution >= 4 is 15.9 Å². The van der Waals surface area contributed by atoms with Crippen molar-refractivity contribution in [3.05, 3.63) is 0 Å². The van der Waals surface area contributed by atoms with E-state index in [1.54, 1.807) is 0 Å². The summed E-state index contributed by atoms with van der Waals surface area (Å²) in [7, 11) is 0. The Morgan fingerprint density at radius 1 is 1.43 bits per heavy atom. The highest BCUT2D eigenvalue weighted by molar-refractivity contribution is 9.09. The zero-order valence-electron chi connectivity index (χ0n) is 9.10. The molecule has 0 aromatic carbocycles. The minimum atomic E-state index is 0.622. The third-order valence-electron chi connectivity index (χ3n) is 3.96. The number of hydrogen-bond donors (Lipinski definition) is 0. The van der Waals surface area contributed by atoms with Crippen LogP contribution < -0.4 is 0 Å². The summed E-state index contributed by atoms with van der Waals surface area (Å²) < 4.78 is 5.42. The van der Waals surface area contributed by atoms with Crippen LogP contribution in [-0.4, -0.2) is 18.0 Å². The number of alkyl halides is 1. The van der Waals surface area contributed by atoms with Gasteiger partial charge in [0.1, 0.15) is 0 Å². The van der Waals surface area contributed by atoms with Crippen molar-refractivity contribution in [2.45, 2.75) is 50.3 Å². The third kappa shape index (κ3) is 2.73. The number of rotatable bonds is 3. The van der Waals surface area contributed by atoms with Gasteiger partial charge in [-0.25, -0.2) is 0 Å². The maximum Gasteiger partial charge on any atom is 0.0495 e. The molecule has 82 valence electrons. The summed E-state index contributed by atoms with van der Waals surface area (Å²) in [4.78, 5) is 0.785. The molecule has 1 heterocycles. The number of hydrogen-bond acceptors (Lipinski definition) is 1. The van der Waals surface area contributed by atoms with Gasteiger partial charge in [-0.05, 0) is 49.9 Å². The van der Waals surface area contributed by atoms with Crippen molar-refractivity contribution in [2.24, 2.45) is 11.3 Å². The first-order chi connectivity index (χ1) is 6.68. The minimum Gasteiger partial charge on any atom is -0.381 e. The Hall–Kier alpha value is 0.440. The average molecular weight is 261 g/mol. The molecule has 1 aliphatic heterocycles. The average Bonchev–Trinajstić information content (AvgIpc) is 2.73. The molecule has 2 aliphatic rings. The molecule has 2 rings (SSSR count). The Morgan fingerprint density at radius 3 is 2.86 bits per heavy atom. The van der Waals surface area contributed by atoms with Crippen molar-refractivity contribution in [2.75, 3.05) is 13.2 Å². The fourth-order valence-electron chi connectivity index (χ4n) is 2.83. The topological polar surface area (TPSA) is 9.23 Å². The highest BCUT2D eigenvalue weighted by atomic mass is 79.9. The molecule has 3 atom stereocenters. The normalized spacial score (nSPS) is 43.3. The second-order valence-electron chi connectivity index (χ2n) is 5.42. The molecule has 0 aromatic heterocycles. The molecule has 2 heteroatoms. The third-order valence-corrected chi connectivity index (χ3v) is 4.74. The fourth-order valence-corrected chi connectivity index (χ4v) is 3.85. The standard InChI is InChI=1S/C12H21BrO/c1-12(6-3-11(13)8-12)5-2-10-4-7-14-9-10/h10-11H,2-9H2,1H3. The van der Waals surface area contributed by atoms with Crippen molar-refractivity contribution in [3.8, 4) is 0 Å². The molecule has 1 aliphatic carbocycles. The molecule has 0 bridgehead atoms. The molecule has 1 saturated heterocycles. The monoisotopic (exact) mass is 260 g/mol. The lowest BCUT2D eigenvalue weighted by atomic mass is 9.81. The first-order valence-electron chi connectivity index (χ1n) is 5.90. The van der Waals surface area contributed by atoms with Crippen LogP contribution in [0.1, 0.15) is 45.4 Å². The van der Waals surface area contributed by atoms with Gasteiger partial charge in [0.05, 0.1) is 0 Å². The predicted octanol–water partition coefficient (Wildman–Crippen LogP) is 3.76. The Bertz CT molecular complexity index is 189. The molecular formula is C12H21BrO. The molecule has 0 amide bonds. The summed E-state index contributed by atoms with van der Waals surface area (Å²) >= 11 is 3.74. The number of ether oxygens (including phenoxy) is 1. The quantitative estimate of drug-likeness (QED) is 0.703. The van der Waals surface area contributed by atoms with Crippen LogP contribution in [0.25, 0.3) is 0 Å². The van der Waals surface area contributed by atoms with E-state index in [4.69, 9.17) is 4.74 Å². The van der Waals surface area contributed by atoms with Gasteiger partial charge < -0.3 is 4.74 Å². The molecule has 2 fully saturated rings. The van der Waals surface area contributed by atoms with E-state index in [-0.39, 0.29) is 0 Å². The lowest BCUT2D eigenvalue weighted by Crippen LogP contribution is -2.14. The molecule has 0 aromatic rings. The summed E-state index contributed by atoms with van der Waals surface area (Å²) in [5.74, 6) is 0.862. The van der Waals surface area contributed by atoms with Gasteiger partial charge in [0.25, 0.3) is 0 Å². The first-order valence-corrected chi connectivity index (χ1v) is 6.81. The van der Waals surface area contributed by atoms with Crippen LogP contribution in [0.4, 0.5) is 0 Å². The van der Waals surface area contributed by atoms with E-state index >= 15 is 0 Å². The van der Waals surface area contributed by atoms with Crippen LogP contribution in [0.2, 0.25) is 0 Å². The van der Waals surface area contributed by atoms with Gasteiger partial charge >= 0.3 is 0 Å². The summed E-state index contributed by atoms with van der Waals surface area (Å²) in [6.45, 7) is 4.49. The zero-order valence-corrected chi connectivity index (χ0v) is 10.7. The second-order valence-corrected chi connectivity index (χ2v) is 6.71.